The molecular weight excluding hydrogens is 314 g/mol. The van der Waals surface area contributed by atoms with E-state index < -0.39 is 11.9 Å². The Labute approximate surface area is 148 Å². The number of aliphatic carboxylic acids is 1. The fourth-order valence-electron chi connectivity index (χ4n) is 3.31. The molecule has 0 bridgehead atoms. The number of benzene rings is 2. The van der Waals surface area contributed by atoms with Crippen LogP contribution in [0.5, 0.6) is 0 Å². The standard InChI is InChI=1S/C21H23NO3/c1-3-4-6-16-7-5-8-17-13-22(20(23)19(16)17)18-11-9-15(10-12-18)14(2)21(24)25/h5,7-12,14H,3-4,6,13H2,1-2H3,(H,24,25). The van der Waals surface area contributed by atoms with Crippen molar-refractivity contribution in [2.45, 2.75) is 45.6 Å². The summed E-state index contributed by atoms with van der Waals surface area (Å²) in [7, 11) is 0. The van der Waals surface area contributed by atoms with Crippen molar-refractivity contribution in [2.24, 2.45) is 0 Å². The van der Waals surface area contributed by atoms with Gasteiger partial charge in [-0.15, -0.1) is 0 Å². The zero-order chi connectivity index (χ0) is 18.0. The lowest BCUT2D eigenvalue weighted by Gasteiger charge is -2.17. The molecule has 0 aromatic heterocycles. The van der Waals surface area contributed by atoms with Gasteiger partial charge < -0.3 is 10.0 Å². The molecule has 1 aliphatic heterocycles. The molecule has 2 aromatic carbocycles. The second kappa shape index (κ2) is 7.09. The molecule has 130 valence electrons. The van der Waals surface area contributed by atoms with Gasteiger partial charge in [0, 0.05) is 11.3 Å². The third-order valence-corrected chi connectivity index (χ3v) is 4.90. The minimum atomic E-state index is -0.849. The summed E-state index contributed by atoms with van der Waals surface area (Å²) >= 11 is 0. The van der Waals surface area contributed by atoms with E-state index >= 15 is 0 Å². The molecular formula is C21H23NO3. The van der Waals surface area contributed by atoms with Crippen LogP contribution >= 0.6 is 0 Å². The summed E-state index contributed by atoms with van der Waals surface area (Å²) < 4.78 is 0. The van der Waals surface area contributed by atoms with Gasteiger partial charge in [0.1, 0.15) is 0 Å². The van der Waals surface area contributed by atoms with Gasteiger partial charge in [0.15, 0.2) is 0 Å². The SMILES string of the molecule is CCCCc1cccc2c1C(=O)N(c1ccc(C(C)C(=O)O)cc1)C2. The second-order valence-electron chi connectivity index (χ2n) is 6.60. The quantitative estimate of drug-likeness (QED) is 0.851. The molecule has 0 saturated heterocycles. The maximum absolute atomic E-state index is 12.9. The van der Waals surface area contributed by atoms with E-state index in [0.717, 1.165) is 47.2 Å². The Hall–Kier alpha value is -2.62. The third-order valence-electron chi connectivity index (χ3n) is 4.90. The minimum Gasteiger partial charge on any atom is -0.481 e. The van der Waals surface area contributed by atoms with Crippen molar-refractivity contribution >= 4 is 17.6 Å². The van der Waals surface area contributed by atoms with Crippen LogP contribution in [-0.4, -0.2) is 17.0 Å². The Kier molecular flexibility index (Phi) is 4.88. The monoisotopic (exact) mass is 337 g/mol. The van der Waals surface area contributed by atoms with Crippen LogP contribution in [0.3, 0.4) is 0 Å². The summed E-state index contributed by atoms with van der Waals surface area (Å²) in [6.07, 6.45) is 3.10. The number of rotatable bonds is 6. The predicted molar refractivity (Wildman–Crippen MR) is 98.1 cm³/mol. The van der Waals surface area contributed by atoms with E-state index in [1.165, 1.54) is 0 Å². The van der Waals surface area contributed by atoms with Crippen LogP contribution in [0.15, 0.2) is 42.5 Å². The highest BCUT2D eigenvalue weighted by Gasteiger charge is 2.30. The van der Waals surface area contributed by atoms with Crippen molar-refractivity contribution in [1.82, 2.24) is 0 Å². The summed E-state index contributed by atoms with van der Waals surface area (Å²) in [5.41, 5.74) is 4.59. The highest BCUT2D eigenvalue weighted by Crippen LogP contribution is 2.32. The van der Waals surface area contributed by atoms with Gasteiger partial charge in [-0.1, -0.05) is 43.7 Å². The molecule has 1 amide bonds. The molecule has 1 atom stereocenters. The Bertz CT molecular complexity index is 795. The van der Waals surface area contributed by atoms with Crippen molar-refractivity contribution in [2.75, 3.05) is 4.90 Å². The number of carbonyl (C=O) groups excluding carboxylic acids is 1. The smallest absolute Gasteiger partial charge is 0.310 e. The fourth-order valence-corrected chi connectivity index (χ4v) is 3.31. The lowest BCUT2D eigenvalue weighted by molar-refractivity contribution is -0.138. The Morgan fingerprint density at radius 3 is 2.56 bits per heavy atom. The minimum absolute atomic E-state index is 0.0423. The summed E-state index contributed by atoms with van der Waals surface area (Å²) in [6.45, 7) is 4.38. The number of fused-ring (bicyclic) bond motifs is 1. The van der Waals surface area contributed by atoms with Gasteiger partial charge in [-0.05, 0) is 48.6 Å². The first-order valence-corrected chi connectivity index (χ1v) is 8.78. The van der Waals surface area contributed by atoms with E-state index in [1.54, 1.807) is 24.0 Å². The summed E-state index contributed by atoms with van der Waals surface area (Å²) in [5.74, 6) is -1.36. The molecule has 0 aliphatic carbocycles. The van der Waals surface area contributed by atoms with Crippen LogP contribution in [0.1, 0.15) is 59.7 Å². The molecule has 1 aliphatic rings. The molecule has 2 aromatic rings. The van der Waals surface area contributed by atoms with Gasteiger partial charge in [0.2, 0.25) is 0 Å². The number of unbranched alkanes of at least 4 members (excludes halogenated alkanes) is 1. The Morgan fingerprint density at radius 1 is 1.20 bits per heavy atom. The van der Waals surface area contributed by atoms with Crippen LogP contribution in [-0.2, 0) is 17.8 Å². The number of carbonyl (C=O) groups is 2. The Balaban J connectivity index is 1.85. The Morgan fingerprint density at radius 2 is 1.92 bits per heavy atom. The number of hydrogen-bond donors (Lipinski definition) is 1. The van der Waals surface area contributed by atoms with Gasteiger partial charge in [0.25, 0.3) is 5.91 Å². The summed E-state index contributed by atoms with van der Waals surface area (Å²) in [4.78, 5) is 25.8. The van der Waals surface area contributed by atoms with Crippen molar-refractivity contribution in [3.8, 4) is 0 Å². The highest BCUT2D eigenvalue weighted by molar-refractivity contribution is 6.11. The van der Waals surface area contributed by atoms with E-state index in [1.807, 2.05) is 30.3 Å². The molecule has 3 rings (SSSR count). The highest BCUT2D eigenvalue weighted by atomic mass is 16.4. The lowest BCUT2D eigenvalue weighted by Crippen LogP contribution is -2.23. The van der Waals surface area contributed by atoms with E-state index in [0.29, 0.717) is 6.54 Å². The van der Waals surface area contributed by atoms with Crippen LogP contribution in [0.4, 0.5) is 5.69 Å². The molecule has 1 N–H and O–H groups in total. The first-order valence-electron chi connectivity index (χ1n) is 8.78. The van der Waals surface area contributed by atoms with E-state index in [4.69, 9.17) is 5.11 Å². The average molecular weight is 337 g/mol. The van der Waals surface area contributed by atoms with E-state index in [-0.39, 0.29) is 5.91 Å². The largest absolute Gasteiger partial charge is 0.481 e. The number of aryl methyl sites for hydroxylation is 1. The molecule has 0 saturated carbocycles. The van der Waals surface area contributed by atoms with Crippen molar-refractivity contribution in [3.05, 3.63) is 64.7 Å². The maximum Gasteiger partial charge on any atom is 0.310 e. The van der Waals surface area contributed by atoms with Crippen LogP contribution in [0.2, 0.25) is 0 Å². The average Bonchev–Trinajstić information content (AvgIpc) is 2.97. The number of nitrogens with zero attached hydrogens (tertiary/aromatic N) is 1. The number of amides is 1. The van der Waals surface area contributed by atoms with Gasteiger partial charge >= 0.3 is 5.97 Å². The zero-order valence-electron chi connectivity index (χ0n) is 14.7. The molecule has 1 unspecified atom stereocenters. The number of hydrogen-bond acceptors (Lipinski definition) is 2. The first-order chi connectivity index (χ1) is 12.0. The third kappa shape index (κ3) is 3.29. The van der Waals surface area contributed by atoms with Crippen LogP contribution in [0, 0.1) is 0 Å². The van der Waals surface area contributed by atoms with Gasteiger partial charge in [-0.25, -0.2) is 0 Å². The van der Waals surface area contributed by atoms with Crippen LogP contribution < -0.4 is 4.90 Å². The summed E-state index contributed by atoms with van der Waals surface area (Å²) in [6, 6.07) is 13.4. The summed E-state index contributed by atoms with van der Waals surface area (Å²) in [5, 5.41) is 9.11. The second-order valence-corrected chi connectivity index (χ2v) is 6.60. The molecule has 1 heterocycles. The number of anilines is 1. The van der Waals surface area contributed by atoms with Crippen molar-refractivity contribution in [3.63, 3.8) is 0 Å². The van der Waals surface area contributed by atoms with E-state index in [2.05, 4.69) is 6.92 Å². The number of carboxylic acid groups (broad SMARTS) is 1. The van der Waals surface area contributed by atoms with Crippen molar-refractivity contribution in [1.29, 1.82) is 0 Å². The molecule has 4 heteroatoms. The fraction of sp³-hybridized carbons (Fsp3) is 0.333. The molecule has 0 radical (unpaired) electrons. The van der Waals surface area contributed by atoms with Crippen LogP contribution in [0.25, 0.3) is 0 Å². The predicted octanol–water partition coefficient (Wildman–Crippen LogP) is 4.38. The molecule has 25 heavy (non-hydrogen) atoms. The first kappa shape index (κ1) is 17.2. The normalized spacial score (nSPS) is 14.5. The molecule has 0 spiro atoms. The number of carboxylic acids is 1. The van der Waals surface area contributed by atoms with Gasteiger partial charge in [-0.2, -0.15) is 0 Å². The lowest BCUT2D eigenvalue weighted by atomic mass is 9.99. The van der Waals surface area contributed by atoms with Gasteiger partial charge in [-0.3, -0.25) is 9.59 Å². The van der Waals surface area contributed by atoms with Crippen molar-refractivity contribution < 1.29 is 14.7 Å². The zero-order valence-corrected chi connectivity index (χ0v) is 14.7. The van der Waals surface area contributed by atoms with E-state index in [9.17, 15) is 9.59 Å². The van der Waals surface area contributed by atoms with Gasteiger partial charge in [0.05, 0.1) is 12.5 Å². The molecule has 4 nitrogen and oxygen atoms in total. The topological polar surface area (TPSA) is 57.6 Å². The maximum atomic E-state index is 12.9. The molecule has 0 fully saturated rings.